The molecule has 0 saturated heterocycles. The lowest BCUT2D eigenvalue weighted by atomic mass is 9.89. The molecule has 2 aromatic carbocycles. The fraction of sp³-hybridized carbons (Fsp3) is 0.364. The molecule has 0 radical (unpaired) electrons. The van der Waals surface area contributed by atoms with Gasteiger partial charge in [0.2, 0.25) is 11.8 Å². The molecule has 6 nitrogen and oxygen atoms in total. The Hall–Kier alpha value is -3.02. The number of hydrogen-bond acceptors (Lipinski definition) is 4. The molecule has 2 amide bonds. The number of anilines is 1. The Labute approximate surface area is 165 Å². The Bertz CT molecular complexity index is 850. The zero-order chi connectivity index (χ0) is 19.9. The van der Waals surface area contributed by atoms with Crippen molar-refractivity contribution in [3.8, 4) is 11.5 Å². The van der Waals surface area contributed by atoms with Gasteiger partial charge in [-0.25, -0.2) is 0 Å². The second kappa shape index (κ2) is 9.26. The molecule has 2 N–H and O–H groups in total. The van der Waals surface area contributed by atoms with Gasteiger partial charge in [0, 0.05) is 24.6 Å². The number of carbonyl (C=O) groups is 2. The van der Waals surface area contributed by atoms with Gasteiger partial charge in [0.05, 0.1) is 14.2 Å². The van der Waals surface area contributed by atoms with E-state index in [9.17, 15) is 9.59 Å². The summed E-state index contributed by atoms with van der Waals surface area (Å²) in [5, 5.41) is 5.85. The molecule has 1 atom stereocenters. The summed E-state index contributed by atoms with van der Waals surface area (Å²) < 4.78 is 10.5. The van der Waals surface area contributed by atoms with Gasteiger partial charge in [0.15, 0.2) is 11.5 Å². The van der Waals surface area contributed by atoms with Crippen LogP contribution in [0, 0.1) is 5.92 Å². The van der Waals surface area contributed by atoms with Crippen LogP contribution in [0.15, 0.2) is 42.5 Å². The van der Waals surface area contributed by atoms with Crippen molar-refractivity contribution < 1.29 is 19.1 Å². The first-order chi connectivity index (χ1) is 13.6. The first-order valence-electron chi connectivity index (χ1n) is 9.47. The SMILES string of the molecule is COc1ccc(CCNC(=O)CC[C@H]2Cc3ccccc3NC2=O)cc1OC. The number of benzene rings is 2. The predicted molar refractivity (Wildman–Crippen MR) is 108 cm³/mol. The van der Waals surface area contributed by atoms with Crippen LogP contribution in [0.1, 0.15) is 24.0 Å². The van der Waals surface area contributed by atoms with Crippen molar-refractivity contribution in [2.75, 3.05) is 26.1 Å². The van der Waals surface area contributed by atoms with Crippen LogP contribution in [0.5, 0.6) is 11.5 Å². The zero-order valence-electron chi connectivity index (χ0n) is 16.3. The smallest absolute Gasteiger partial charge is 0.227 e. The van der Waals surface area contributed by atoms with E-state index < -0.39 is 0 Å². The van der Waals surface area contributed by atoms with Crippen LogP contribution >= 0.6 is 0 Å². The van der Waals surface area contributed by atoms with Crippen molar-refractivity contribution in [2.45, 2.75) is 25.7 Å². The highest BCUT2D eigenvalue weighted by Crippen LogP contribution is 2.28. The molecule has 148 valence electrons. The van der Waals surface area contributed by atoms with Crippen LogP contribution in [0.3, 0.4) is 0 Å². The number of fused-ring (bicyclic) bond motifs is 1. The molecule has 0 aromatic heterocycles. The van der Waals surface area contributed by atoms with E-state index in [0.717, 1.165) is 16.8 Å². The number of hydrogen-bond donors (Lipinski definition) is 2. The molecule has 2 aromatic rings. The van der Waals surface area contributed by atoms with Crippen molar-refractivity contribution in [1.29, 1.82) is 0 Å². The Morgan fingerprint density at radius 1 is 1.14 bits per heavy atom. The fourth-order valence-electron chi connectivity index (χ4n) is 3.42. The highest BCUT2D eigenvalue weighted by atomic mass is 16.5. The molecular weight excluding hydrogens is 356 g/mol. The molecule has 1 aliphatic rings. The van der Waals surface area contributed by atoms with Gasteiger partial charge in [-0.1, -0.05) is 24.3 Å². The molecule has 0 unspecified atom stereocenters. The quantitative estimate of drug-likeness (QED) is 0.736. The van der Waals surface area contributed by atoms with Crippen LogP contribution in [0.2, 0.25) is 0 Å². The third-order valence-electron chi connectivity index (χ3n) is 5.02. The van der Waals surface area contributed by atoms with Gasteiger partial charge in [0.1, 0.15) is 0 Å². The zero-order valence-corrected chi connectivity index (χ0v) is 16.3. The lowest BCUT2D eigenvalue weighted by Crippen LogP contribution is -2.32. The van der Waals surface area contributed by atoms with E-state index in [1.165, 1.54) is 0 Å². The summed E-state index contributed by atoms with van der Waals surface area (Å²) in [7, 11) is 3.20. The van der Waals surface area contributed by atoms with Gasteiger partial charge in [0.25, 0.3) is 0 Å². The topological polar surface area (TPSA) is 76.7 Å². The number of ether oxygens (including phenoxy) is 2. The van der Waals surface area contributed by atoms with Crippen molar-refractivity contribution >= 4 is 17.5 Å². The van der Waals surface area contributed by atoms with E-state index in [0.29, 0.717) is 43.7 Å². The molecule has 1 aliphatic heterocycles. The average molecular weight is 382 g/mol. The number of para-hydroxylation sites is 1. The van der Waals surface area contributed by atoms with E-state index in [4.69, 9.17) is 9.47 Å². The minimum absolute atomic E-state index is 0.00294. The maximum absolute atomic E-state index is 12.2. The highest BCUT2D eigenvalue weighted by molar-refractivity contribution is 5.96. The van der Waals surface area contributed by atoms with Gasteiger partial charge < -0.3 is 20.1 Å². The lowest BCUT2D eigenvalue weighted by Gasteiger charge is -2.24. The summed E-state index contributed by atoms with van der Waals surface area (Å²) in [6.07, 6.45) is 2.26. The Balaban J connectivity index is 1.43. The second-order valence-corrected chi connectivity index (χ2v) is 6.88. The molecule has 1 heterocycles. The molecule has 28 heavy (non-hydrogen) atoms. The van der Waals surface area contributed by atoms with E-state index in [-0.39, 0.29) is 17.7 Å². The fourth-order valence-corrected chi connectivity index (χ4v) is 3.42. The van der Waals surface area contributed by atoms with Crippen molar-refractivity contribution in [2.24, 2.45) is 5.92 Å². The van der Waals surface area contributed by atoms with Gasteiger partial charge in [-0.3, -0.25) is 9.59 Å². The van der Waals surface area contributed by atoms with E-state index >= 15 is 0 Å². The van der Waals surface area contributed by atoms with E-state index in [2.05, 4.69) is 10.6 Å². The summed E-state index contributed by atoms with van der Waals surface area (Å²) >= 11 is 0. The summed E-state index contributed by atoms with van der Waals surface area (Å²) in [5.74, 6) is 1.16. The van der Waals surface area contributed by atoms with Crippen molar-refractivity contribution in [3.63, 3.8) is 0 Å². The molecular formula is C22H26N2O4. The lowest BCUT2D eigenvalue weighted by molar-refractivity contribution is -0.122. The minimum Gasteiger partial charge on any atom is -0.493 e. The molecule has 6 heteroatoms. The summed E-state index contributed by atoms with van der Waals surface area (Å²) in [4.78, 5) is 24.4. The largest absolute Gasteiger partial charge is 0.493 e. The predicted octanol–water partition coefficient (Wildman–Crippen LogP) is 2.95. The summed E-state index contributed by atoms with van der Waals surface area (Å²) in [5.41, 5.74) is 3.06. The highest BCUT2D eigenvalue weighted by Gasteiger charge is 2.26. The average Bonchev–Trinajstić information content (AvgIpc) is 2.72. The van der Waals surface area contributed by atoms with Crippen LogP contribution in [-0.4, -0.2) is 32.6 Å². The van der Waals surface area contributed by atoms with E-state index in [1.54, 1.807) is 14.2 Å². The number of methoxy groups -OCH3 is 2. The Kier molecular flexibility index (Phi) is 6.53. The summed E-state index contributed by atoms with van der Waals surface area (Å²) in [6, 6.07) is 13.5. The van der Waals surface area contributed by atoms with Crippen LogP contribution in [0.4, 0.5) is 5.69 Å². The van der Waals surface area contributed by atoms with Gasteiger partial charge in [-0.2, -0.15) is 0 Å². The molecule has 3 rings (SSSR count). The number of nitrogens with one attached hydrogen (secondary N) is 2. The Morgan fingerprint density at radius 2 is 1.93 bits per heavy atom. The number of rotatable bonds is 8. The number of carbonyl (C=O) groups excluding carboxylic acids is 2. The van der Waals surface area contributed by atoms with Crippen LogP contribution in [0.25, 0.3) is 0 Å². The van der Waals surface area contributed by atoms with Gasteiger partial charge in [-0.15, -0.1) is 0 Å². The normalized spacial score (nSPS) is 15.4. The van der Waals surface area contributed by atoms with Gasteiger partial charge in [-0.05, 0) is 48.6 Å². The maximum atomic E-state index is 12.2. The second-order valence-electron chi connectivity index (χ2n) is 6.88. The molecule has 0 fully saturated rings. The molecule has 0 saturated carbocycles. The number of amides is 2. The van der Waals surface area contributed by atoms with Crippen LogP contribution < -0.4 is 20.1 Å². The molecule has 0 spiro atoms. The first-order valence-corrected chi connectivity index (χ1v) is 9.47. The van der Waals surface area contributed by atoms with Crippen molar-refractivity contribution in [3.05, 3.63) is 53.6 Å². The van der Waals surface area contributed by atoms with Crippen molar-refractivity contribution in [1.82, 2.24) is 5.32 Å². The molecule has 0 bridgehead atoms. The monoisotopic (exact) mass is 382 g/mol. The van der Waals surface area contributed by atoms with E-state index in [1.807, 2.05) is 42.5 Å². The third kappa shape index (κ3) is 4.82. The van der Waals surface area contributed by atoms with Crippen LogP contribution in [-0.2, 0) is 22.4 Å². The summed E-state index contributed by atoms with van der Waals surface area (Å²) in [6.45, 7) is 0.536. The standard InChI is InChI=1S/C22H26N2O4/c1-27-19-9-7-15(13-20(19)28-2)11-12-23-21(25)10-8-17-14-16-5-3-4-6-18(16)24-22(17)26/h3-7,9,13,17H,8,10-12,14H2,1-2H3,(H,23,25)(H,24,26)/t17-/m0/s1. The minimum atomic E-state index is -0.161. The molecule has 0 aliphatic carbocycles. The van der Waals surface area contributed by atoms with Gasteiger partial charge >= 0.3 is 0 Å². The Morgan fingerprint density at radius 3 is 2.71 bits per heavy atom. The first kappa shape index (κ1) is 19.7. The third-order valence-corrected chi connectivity index (χ3v) is 5.02. The maximum Gasteiger partial charge on any atom is 0.227 e.